The van der Waals surface area contributed by atoms with Crippen LogP contribution in [0.1, 0.15) is 68.6 Å². The van der Waals surface area contributed by atoms with Crippen LogP contribution in [-0.4, -0.2) is 17.4 Å². The molecule has 1 amide bonds. The molecule has 4 nitrogen and oxygen atoms in total. The Morgan fingerprint density at radius 2 is 1.80 bits per heavy atom. The molecule has 0 radical (unpaired) electrons. The molecule has 1 aromatic heterocycles. The fourth-order valence-corrected chi connectivity index (χ4v) is 2.17. The van der Waals surface area contributed by atoms with Gasteiger partial charge in [0.05, 0.1) is 17.4 Å². The number of pyridine rings is 1. The molecule has 0 aliphatic heterocycles. The third-order valence-corrected chi connectivity index (χ3v) is 3.41. The number of nitrogens with two attached hydrogens (primary N) is 1. The van der Waals surface area contributed by atoms with Gasteiger partial charge in [0.2, 0.25) is 0 Å². The van der Waals surface area contributed by atoms with Gasteiger partial charge in [-0.05, 0) is 12.5 Å². The van der Waals surface area contributed by atoms with Crippen molar-refractivity contribution in [1.29, 1.82) is 0 Å². The van der Waals surface area contributed by atoms with E-state index in [4.69, 9.17) is 5.73 Å². The van der Waals surface area contributed by atoms with E-state index in [0.717, 1.165) is 13.0 Å². The number of hydrogen-bond acceptors (Lipinski definition) is 3. The zero-order chi connectivity index (χ0) is 14.6. The Morgan fingerprint density at radius 1 is 1.15 bits per heavy atom. The van der Waals surface area contributed by atoms with Gasteiger partial charge in [0.25, 0.3) is 5.91 Å². The van der Waals surface area contributed by atoms with Crippen molar-refractivity contribution in [2.75, 3.05) is 12.3 Å². The van der Waals surface area contributed by atoms with E-state index in [1.165, 1.54) is 51.1 Å². The van der Waals surface area contributed by atoms with E-state index in [9.17, 15) is 4.79 Å². The van der Waals surface area contributed by atoms with E-state index < -0.39 is 0 Å². The quantitative estimate of drug-likeness (QED) is 0.643. The van der Waals surface area contributed by atoms with Gasteiger partial charge in [-0.25, -0.2) is 0 Å². The van der Waals surface area contributed by atoms with Crippen LogP contribution in [0.5, 0.6) is 0 Å². The summed E-state index contributed by atoms with van der Waals surface area (Å²) in [6.07, 6.45) is 13.2. The first-order chi connectivity index (χ1) is 9.75. The molecule has 4 heteroatoms. The zero-order valence-electron chi connectivity index (χ0n) is 12.5. The van der Waals surface area contributed by atoms with Gasteiger partial charge in [0.1, 0.15) is 0 Å². The SMILES string of the molecule is CCCCCCCCCCNC(=O)c1ccncc1N. The highest BCUT2D eigenvalue weighted by atomic mass is 16.1. The van der Waals surface area contributed by atoms with Crippen molar-refractivity contribution in [2.24, 2.45) is 0 Å². The van der Waals surface area contributed by atoms with Crippen molar-refractivity contribution in [3.05, 3.63) is 24.0 Å². The summed E-state index contributed by atoms with van der Waals surface area (Å²) in [4.78, 5) is 15.7. The first-order valence-corrected chi connectivity index (χ1v) is 7.73. The van der Waals surface area contributed by atoms with Gasteiger partial charge in [-0.3, -0.25) is 9.78 Å². The summed E-state index contributed by atoms with van der Waals surface area (Å²) < 4.78 is 0. The lowest BCUT2D eigenvalue weighted by Gasteiger charge is -2.07. The molecule has 0 aromatic carbocycles. The maximum absolute atomic E-state index is 11.9. The topological polar surface area (TPSA) is 68.0 Å². The first-order valence-electron chi connectivity index (χ1n) is 7.73. The molecule has 0 bridgehead atoms. The van der Waals surface area contributed by atoms with Crippen molar-refractivity contribution in [2.45, 2.75) is 58.3 Å². The number of rotatable bonds is 10. The molecule has 0 fully saturated rings. The summed E-state index contributed by atoms with van der Waals surface area (Å²) in [6.45, 7) is 2.95. The molecular weight excluding hydrogens is 250 g/mol. The predicted molar refractivity (Wildman–Crippen MR) is 83.6 cm³/mol. The van der Waals surface area contributed by atoms with Crippen LogP contribution in [-0.2, 0) is 0 Å². The third-order valence-electron chi connectivity index (χ3n) is 3.41. The largest absolute Gasteiger partial charge is 0.397 e. The van der Waals surface area contributed by atoms with Crippen molar-refractivity contribution in [3.63, 3.8) is 0 Å². The summed E-state index contributed by atoms with van der Waals surface area (Å²) in [5.74, 6) is -0.104. The number of hydrogen-bond donors (Lipinski definition) is 2. The lowest BCUT2D eigenvalue weighted by Crippen LogP contribution is -2.25. The van der Waals surface area contributed by atoms with Crippen LogP contribution in [0.25, 0.3) is 0 Å². The molecular formula is C16H27N3O. The summed E-state index contributed by atoms with van der Waals surface area (Å²) in [5.41, 5.74) is 6.65. The highest BCUT2D eigenvalue weighted by Gasteiger charge is 2.07. The van der Waals surface area contributed by atoms with Crippen LogP contribution >= 0.6 is 0 Å². The van der Waals surface area contributed by atoms with Crippen LogP contribution in [0.15, 0.2) is 18.5 Å². The van der Waals surface area contributed by atoms with E-state index in [0.29, 0.717) is 11.3 Å². The summed E-state index contributed by atoms with van der Waals surface area (Å²) in [6, 6.07) is 1.65. The number of carbonyl (C=O) groups excluding carboxylic acids is 1. The van der Waals surface area contributed by atoms with Crippen molar-refractivity contribution in [1.82, 2.24) is 10.3 Å². The number of carbonyl (C=O) groups is 1. The van der Waals surface area contributed by atoms with Gasteiger partial charge in [-0.15, -0.1) is 0 Å². The Bertz CT molecular complexity index is 393. The second-order valence-electron chi connectivity index (χ2n) is 5.19. The molecule has 0 saturated heterocycles. The molecule has 112 valence electrons. The maximum Gasteiger partial charge on any atom is 0.253 e. The lowest BCUT2D eigenvalue weighted by atomic mass is 10.1. The fraction of sp³-hybridized carbons (Fsp3) is 0.625. The minimum atomic E-state index is -0.104. The smallest absolute Gasteiger partial charge is 0.253 e. The van der Waals surface area contributed by atoms with Crippen LogP contribution < -0.4 is 11.1 Å². The Balaban J connectivity index is 2.04. The fourth-order valence-electron chi connectivity index (χ4n) is 2.17. The molecule has 0 saturated carbocycles. The normalized spacial score (nSPS) is 10.4. The molecule has 0 aliphatic rings. The van der Waals surface area contributed by atoms with Crippen molar-refractivity contribution in [3.8, 4) is 0 Å². The molecule has 20 heavy (non-hydrogen) atoms. The number of nitrogen functional groups attached to an aromatic ring is 1. The number of unbranched alkanes of at least 4 members (excludes halogenated alkanes) is 7. The highest BCUT2D eigenvalue weighted by Crippen LogP contribution is 2.09. The average Bonchev–Trinajstić information content (AvgIpc) is 2.46. The van der Waals surface area contributed by atoms with E-state index in [1.54, 1.807) is 12.3 Å². The number of nitrogens with zero attached hydrogens (tertiary/aromatic N) is 1. The molecule has 1 heterocycles. The van der Waals surface area contributed by atoms with E-state index in [-0.39, 0.29) is 5.91 Å². The molecule has 0 spiro atoms. The van der Waals surface area contributed by atoms with Crippen LogP contribution in [0, 0.1) is 0 Å². The van der Waals surface area contributed by atoms with Crippen molar-refractivity contribution >= 4 is 11.6 Å². The zero-order valence-corrected chi connectivity index (χ0v) is 12.5. The number of nitrogens with one attached hydrogen (secondary N) is 1. The molecule has 3 N–H and O–H groups in total. The van der Waals surface area contributed by atoms with Crippen LogP contribution in [0.3, 0.4) is 0 Å². The summed E-state index contributed by atoms with van der Waals surface area (Å²) in [5, 5.41) is 2.90. The van der Waals surface area contributed by atoms with Gasteiger partial charge < -0.3 is 11.1 Å². The molecule has 0 atom stereocenters. The molecule has 1 aromatic rings. The van der Waals surface area contributed by atoms with E-state index in [1.807, 2.05) is 0 Å². The van der Waals surface area contributed by atoms with Gasteiger partial charge in [0.15, 0.2) is 0 Å². The Labute approximate surface area is 122 Å². The minimum absolute atomic E-state index is 0.104. The van der Waals surface area contributed by atoms with Crippen LogP contribution in [0.4, 0.5) is 5.69 Å². The Morgan fingerprint density at radius 3 is 2.45 bits per heavy atom. The summed E-state index contributed by atoms with van der Waals surface area (Å²) in [7, 11) is 0. The van der Waals surface area contributed by atoms with Gasteiger partial charge in [0, 0.05) is 12.7 Å². The van der Waals surface area contributed by atoms with Crippen LogP contribution in [0.2, 0.25) is 0 Å². The van der Waals surface area contributed by atoms with Gasteiger partial charge in [-0.1, -0.05) is 51.9 Å². The van der Waals surface area contributed by atoms with Gasteiger partial charge >= 0.3 is 0 Å². The maximum atomic E-state index is 11.9. The highest BCUT2D eigenvalue weighted by molar-refractivity contribution is 5.98. The minimum Gasteiger partial charge on any atom is -0.397 e. The summed E-state index contributed by atoms with van der Waals surface area (Å²) >= 11 is 0. The molecule has 0 unspecified atom stereocenters. The van der Waals surface area contributed by atoms with Crippen molar-refractivity contribution < 1.29 is 4.79 Å². The second kappa shape index (κ2) is 10.2. The second-order valence-corrected chi connectivity index (χ2v) is 5.19. The molecule has 1 rings (SSSR count). The van der Waals surface area contributed by atoms with E-state index in [2.05, 4.69) is 17.2 Å². The third kappa shape index (κ3) is 6.55. The average molecular weight is 277 g/mol. The Hall–Kier alpha value is -1.58. The predicted octanol–water partition coefficient (Wildman–Crippen LogP) is 3.53. The number of aromatic nitrogens is 1. The molecule has 0 aliphatic carbocycles. The number of anilines is 1. The lowest BCUT2D eigenvalue weighted by molar-refractivity contribution is 0.0953. The number of amides is 1. The van der Waals surface area contributed by atoms with E-state index >= 15 is 0 Å². The monoisotopic (exact) mass is 277 g/mol. The first kappa shape index (κ1) is 16.5. The Kier molecular flexibility index (Phi) is 8.43. The van der Waals surface area contributed by atoms with Gasteiger partial charge in [-0.2, -0.15) is 0 Å². The standard InChI is InChI=1S/C16H27N3O/c1-2-3-4-5-6-7-8-9-11-19-16(20)14-10-12-18-13-15(14)17/h10,12-13H,2-9,11,17H2,1H3,(H,19,20).